The van der Waals surface area contributed by atoms with Gasteiger partial charge in [0.2, 0.25) is 31.4 Å². The van der Waals surface area contributed by atoms with Crippen molar-refractivity contribution in [3.8, 4) is 0 Å². The molecule has 0 spiro atoms. The smallest absolute Gasteiger partial charge is 0.312 e. The van der Waals surface area contributed by atoms with Crippen LogP contribution in [-0.4, -0.2) is 79.4 Å². The maximum Gasteiger partial charge on any atom is 0.312 e. The van der Waals surface area contributed by atoms with Crippen molar-refractivity contribution < 1.29 is 38.3 Å². The lowest BCUT2D eigenvalue weighted by molar-refractivity contribution is -0.137. The number of nitrogens with zero attached hydrogens (tertiary/aromatic N) is 1. The van der Waals surface area contributed by atoms with Crippen LogP contribution < -0.4 is 27.0 Å². The number of ether oxygens (including phenoxy) is 1. The Morgan fingerprint density at radius 2 is 1.57 bits per heavy atom. The van der Waals surface area contributed by atoms with Gasteiger partial charge in [-0.1, -0.05) is 32.4 Å². The van der Waals surface area contributed by atoms with E-state index < -0.39 is 35.8 Å². The fraction of sp³-hybridized carbons (Fsp3) is 0.483. The number of carbonyl (C=O) groups excluding carboxylic acids is 7. The highest BCUT2D eigenvalue weighted by atomic mass is 16.5. The zero-order valence-corrected chi connectivity index (χ0v) is 24.9. The third kappa shape index (κ3) is 12.7. The van der Waals surface area contributed by atoms with Crippen molar-refractivity contribution >= 4 is 55.0 Å². The quantitative estimate of drug-likeness (QED) is 0.0918. The standard InChI is InChI=1S/C29H39BN6O8/c1-18(2)25(35-22(37)8-4-3-5-16-36-23(38)13-14-24(36)39)27(41)34-21(7-6-15-32-29(31)43)26(40)33-20-11-9-19(10-12-20)17-44-28(30)42/h9-14,18,21,25H,3-8,15-17H2,1-2H3,(H,33,40)(H,34,41)(H,35,37)(H3,31,32,43)/t21-,25?/m0/s1. The highest BCUT2D eigenvalue weighted by Crippen LogP contribution is 2.13. The van der Waals surface area contributed by atoms with Gasteiger partial charge in [0.15, 0.2) is 0 Å². The van der Waals surface area contributed by atoms with Crippen LogP contribution in [0, 0.1) is 5.92 Å². The molecule has 1 aliphatic rings. The van der Waals surface area contributed by atoms with Gasteiger partial charge >= 0.3 is 6.03 Å². The lowest BCUT2D eigenvalue weighted by atomic mass is 10.0. The Kier molecular flexibility index (Phi) is 14.6. The molecular formula is C29H39BN6O8. The van der Waals surface area contributed by atoms with Gasteiger partial charge in [-0.05, 0) is 49.3 Å². The lowest BCUT2D eigenvalue weighted by Gasteiger charge is -2.25. The topological polar surface area (TPSA) is 206 Å². The number of hydrogen-bond donors (Lipinski definition) is 5. The zero-order chi connectivity index (χ0) is 32.6. The lowest BCUT2D eigenvalue weighted by Crippen LogP contribution is -2.54. The Bertz CT molecular complexity index is 1220. The minimum Gasteiger partial charge on any atom is -0.470 e. The number of benzene rings is 1. The molecule has 1 aliphatic heterocycles. The summed E-state index contributed by atoms with van der Waals surface area (Å²) in [6, 6.07) is 3.83. The Morgan fingerprint density at radius 1 is 0.909 bits per heavy atom. The van der Waals surface area contributed by atoms with Crippen molar-refractivity contribution in [1.29, 1.82) is 0 Å². The first-order valence-corrected chi connectivity index (χ1v) is 14.4. The molecule has 0 saturated heterocycles. The largest absolute Gasteiger partial charge is 0.470 e. The first-order valence-electron chi connectivity index (χ1n) is 14.4. The molecule has 236 valence electrons. The van der Waals surface area contributed by atoms with Gasteiger partial charge in [-0.2, -0.15) is 0 Å². The van der Waals surface area contributed by atoms with E-state index in [1.54, 1.807) is 38.1 Å². The van der Waals surface area contributed by atoms with Gasteiger partial charge in [0.25, 0.3) is 11.8 Å². The highest BCUT2D eigenvalue weighted by Gasteiger charge is 2.29. The Labute approximate surface area is 257 Å². The van der Waals surface area contributed by atoms with Crippen LogP contribution in [0.5, 0.6) is 0 Å². The molecule has 1 unspecified atom stereocenters. The highest BCUT2D eigenvalue weighted by molar-refractivity contribution is 6.55. The molecule has 0 aromatic heterocycles. The summed E-state index contributed by atoms with van der Waals surface area (Å²) in [5, 5.41) is 10.6. The van der Waals surface area contributed by atoms with Crippen molar-refractivity contribution in [2.24, 2.45) is 11.7 Å². The fourth-order valence-electron chi connectivity index (χ4n) is 4.28. The molecule has 1 heterocycles. The summed E-state index contributed by atoms with van der Waals surface area (Å²) in [5.41, 5.74) is 6.18. The van der Waals surface area contributed by atoms with Crippen LogP contribution in [0.25, 0.3) is 0 Å². The zero-order valence-electron chi connectivity index (χ0n) is 24.9. The molecule has 6 N–H and O–H groups in total. The normalized spacial score (nSPS) is 13.8. The third-order valence-electron chi connectivity index (χ3n) is 6.66. The van der Waals surface area contributed by atoms with Crippen LogP contribution >= 0.6 is 0 Å². The van der Waals surface area contributed by atoms with Crippen molar-refractivity contribution in [3.63, 3.8) is 0 Å². The number of unbranched alkanes of at least 4 members (excludes halogenated alkanes) is 2. The number of nitrogens with two attached hydrogens (primary N) is 1. The fourth-order valence-corrected chi connectivity index (χ4v) is 4.28. The minimum absolute atomic E-state index is 0.0320. The molecule has 2 atom stereocenters. The summed E-state index contributed by atoms with van der Waals surface area (Å²) in [4.78, 5) is 85.3. The van der Waals surface area contributed by atoms with Crippen molar-refractivity contribution in [2.45, 2.75) is 71.1 Å². The average molecular weight is 610 g/mol. The van der Waals surface area contributed by atoms with E-state index >= 15 is 0 Å². The van der Waals surface area contributed by atoms with Crippen molar-refractivity contribution in [1.82, 2.24) is 20.9 Å². The van der Waals surface area contributed by atoms with Gasteiger partial charge in [-0.25, -0.2) is 4.79 Å². The van der Waals surface area contributed by atoms with Crippen LogP contribution in [0.1, 0.15) is 57.9 Å². The number of hydrogen-bond acceptors (Lipinski definition) is 8. The van der Waals surface area contributed by atoms with E-state index in [-0.39, 0.29) is 56.2 Å². The molecule has 44 heavy (non-hydrogen) atoms. The molecular weight excluding hydrogens is 571 g/mol. The predicted octanol–water partition coefficient (Wildman–Crippen LogP) is 0.990. The average Bonchev–Trinajstić information content (AvgIpc) is 3.28. The molecule has 15 heteroatoms. The minimum atomic E-state index is -1.00. The van der Waals surface area contributed by atoms with E-state index in [1.807, 2.05) is 0 Å². The molecule has 0 bridgehead atoms. The van der Waals surface area contributed by atoms with E-state index in [2.05, 4.69) is 21.3 Å². The SMILES string of the molecule is [B]C(=O)OCc1ccc(NC(=O)[C@H](CCCNC(N)=O)NC(=O)C(NC(=O)CCCCCN2C(=O)C=CC2=O)C(C)C)cc1. The first kappa shape index (κ1) is 35.5. The number of carbonyl (C=O) groups is 7. The maximum atomic E-state index is 13.3. The number of rotatable bonds is 18. The second-order valence-corrected chi connectivity index (χ2v) is 10.5. The van der Waals surface area contributed by atoms with Gasteiger partial charge in [0, 0.05) is 37.3 Å². The summed E-state index contributed by atoms with van der Waals surface area (Å²) in [5.74, 6) is -3.31. The summed E-state index contributed by atoms with van der Waals surface area (Å²) in [7, 11) is 4.97. The van der Waals surface area contributed by atoms with E-state index in [4.69, 9.17) is 18.3 Å². The number of anilines is 1. The number of imide groups is 1. The molecule has 0 aliphatic carbocycles. The number of amides is 7. The molecule has 0 fully saturated rings. The van der Waals surface area contributed by atoms with Crippen molar-refractivity contribution in [2.75, 3.05) is 18.4 Å². The maximum absolute atomic E-state index is 13.3. The second kappa shape index (κ2) is 18.1. The Balaban J connectivity index is 1.94. The van der Waals surface area contributed by atoms with E-state index in [0.717, 1.165) is 4.90 Å². The second-order valence-electron chi connectivity index (χ2n) is 10.5. The predicted molar refractivity (Wildman–Crippen MR) is 161 cm³/mol. The van der Waals surface area contributed by atoms with E-state index in [1.165, 1.54) is 12.2 Å². The third-order valence-corrected chi connectivity index (χ3v) is 6.66. The molecule has 7 amide bonds. The van der Waals surface area contributed by atoms with Crippen LogP contribution in [0.2, 0.25) is 0 Å². The van der Waals surface area contributed by atoms with Gasteiger partial charge in [0.1, 0.15) is 18.7 Å². The van der Waals surface area contributed by atoms with E-state index in [9.17, 15) is 33.6 Å². The van der Waals surface area contributed by atoms with Crippen molar-refractivity contribution in [3.05, 3.63) is 42.0 Å². The number of primary amides is 1. The molecule has 1 aromatic rings. The summed E-state index contributed by atoms with van der Waals surface area (Å²) < 4.78 is 4.74. The first-order chi connectivity index (χ1) is 20.9. The summed E-state index contributed by atoms with van der Waals surface area (Å²) >= 11 is 0. The Hall–Kier alpha value is -4.69. The van der Waals surface area contributed by atoms with Gasteiger partial charge in [-0.15, -0.1) is 0 Å². The van der Waals surface area contributed by atoms with Gasteiger partial charge in [-0.3, -0.25) is 33.7 Å². The number of nitrogens with one attached hydrogen (secondary N) is 4. The molecule has 1 aromatic carbocycles. The van der Waals surface area contributed by atoms with E-state index in [0.29, 0.717) is 36.9 Å². The molecule has 0 saturated carbocycles. The van der Waals surface area contributed by atoms with Gasteiger partial charge < -0.3 is 31.7 Å². The summed E-state index contributed by atoms with van der Waals surface area (Å²) in [6.07, 6.45) is 4.72. The van der Waals surface area contributed by atoms with Crippen LogP contribution in [-0.2, 0) is 35.3 Å². The number of urea groups is 1. The summed E-state index contributed by atoms with van der Waals surface area (Å²) in [6.45, 7) is 3.95. The van der Waals surface area contributed by atoms with Gasteiger partial charge in [0.05, 0.1) is 0 Å². The molecule has 14 nitrogen and oxygen atoms in total. The molecule has 2 rings (SSSR count). The van der Waals surface area contributed by atoms with Crippen LogP contribution in [0.4, 0.5) is 15.3 Å². The monoisotopic (exact) mass is 610 g/mol. The molecule has 2 radical (unpaired) electrons. The van der Waals surface area contributed by atoms with Crippen LogP contribution in [0.3, 0.4) is 0 Å². The van der Waals surface area contributed by atoms with Crippen LogP contribution in [0.15, 0.2) is 36.4 Å². The Morgan fingerprint density at radius 3 is 2.16 bits per heavy atom.